The van der Waals surface area contributed by atoms with Crippen LogP contribution in [0.3, 0.4) is 0 Å². The summed E-state index contributed by atoms with van der Waals surface area (Å²) in [4.78, 5) is 11.0. The van der Waals surface area contributed by atoms with Crippen molar-refractivity contribution in [2.24, 2.45) is 0 Å². The fourth-order valence-corrected chi connectivity index (χ4v) is 4.40. The number of alkyl halides is 3. The standard InChI is InChI=1S/C25H23F3N6O2/c1-14-11-21(34-24(31-14)32-23(33-34)25(26,27)28)30-13-18(16-8-6-10-20(35-2)22(16)36-3)17-12-29-19-9-5-4-7-15(17)19/h4-12,18,29-30H,13H2,1-3H3. The highest BCUT2D eigenvalue weighted by molar-refractivity contribution is 5.84. The second-order valence-corrected chi connectivity index (χ2v) is 8.23. The maximum atomic E-state index is 13.3. The Labute approximate surface area is 204 Å². The summed E-state index contributed by atoms with van der Waals surface area (Å²) in [7, 11) is 3.14. The number of rotatable bonds is 7. The van der Waals surface area contributed by atoms with E-state index in [1.165, 1.54) is 0 Å². The van der Waals surface area contributed by atoms with E-state index >= 15 is 0 Å². The summed E-state index contributed by atoms with van der Waals surface area (Å²) in [6.07, 6.45) is -2.75. The summed E-state index contributed by atoms with van der Waals surface area (Å²) in [5, 5.41) is 7.95. The number of fused-ring (bicyclic) bond motifs is 2. The molecule has 1 unspecified atom stereocenters. The lowest BCUT2D eigenvalue weighted by Crippen LogP contribution is -2.17. The van der Waals surface area contributed by atoms with Crippen molar-refractivity contribution in [2.75, 3.05) is 26.1 Å². The lowest BCUT2D eigenvalue weighted by Gasteiger charge is -2.22. The Bertz CT molecular complexity index is 1540. The molecule has 2 aromatic carbocycles. The summed E-state index contributed by atoms with van der Waals surface area (Å²) < 4.78 is 52.1. The van der Waals surface area contributed by atoms with Gasteiger partial charge in [-0.05, 0) is 24.6 Å². The number of hydrogen-bond acceptors (Lipinski definition) is 6. The minimum absolute atomic E-state index is 0.132. The molecule has 0 saturated carbocycles. The Balaban J connectivity index is 1.61. The van der Waals surface area contributed by atoms with Crippen LogP contribution in [-0.4, -0.2) is 45.3 Å². The highest BCUT2D eigenvalue weighted by Gasteiger charge is 2.37. The maximum Gasteiger partial charge on any atom is 0.453 e. The molecule has 0 aliphatic rings. The summed E-state index contributed by atoms with van der Waals surface area (Å²) in [6.45, 7) is 2.00. The Morgan fingerprint density at radius 1 is 1.03 bits per heavy atom. The van der Waals surface area contributed by atoms with E-state index in [0.717, 1.165) is 26.5 Å². The van der Waals surface area contributed by atoms with Crippen LogP contribution < -0.4 is 14.8 Å². The number of hydrogen-bond donors (Lipinski definition) is 2. The minimum atomic E-state index is -4.68. The fraction of sp³-hybridized carbons (Fsp3) is 0.240. The third-order valence-electron chi connectivity index (χ3n) is 5.99. The number of aromatic nitrogens is 5. The number of aromatic amines is 1. The Morgan fingerprint density at radius 3 is 2.58 bits per heavy atom. The molecule has 1 atom stereocenters. The first kappa shape index (κ1) is 23.5. The molecule has 0 saturated heterocycles. The number of halogens is 3. The molecule has 3 aromatic heterocycles. The van der Waals surface area contributed by atoms with E-state index in [0.29, 0.717) is 29.6 Å². The average molecular weight is 496 g/mol. The van der Waals surface area contributed by atoms with Crippen LogP contribution in [0.25, 0.3) is 16.7 Å². The van der Waals surface area contributed by atoms with Crippen molar-refractivity contribution in [3.05, 3.63) is 77.4 Å². The molecule has 0 spiro atoms. The van der Waals surface area contributed by atoms with E-state index in [1.54, 1.807) is 27.2 Å². The second kappa shape index (κ2) is 9.06. The zero-order chi connectivity index (χ0) is 25.4. The summed E-state index contributed by atoms with van der Waals surface area (Å²) in [5.74, 6) is -0.146. The molecule has 3 heterocycles. The van der Waals surface area contributed by atoms with Crippen LogP contribution in [0.1, 0.15) is 28.6 Å². The van der Waals surface area contributed by atoms with Crippen molar-refractivity contribution in [2.45, 2.75) is 19.0 Å². The van der Waals surface area contributed by atoms with Crippen LogP contribution in [-0.2, 0) is 6.18 Å². The number of aryl methyl sites for hydroxylation is 1. The first-order valence-electron chi connectivity index (χ1n) is 11.1. The molecule has 11 heteroatoms. The second-order valence-electron chi connectivity index (χ2n) is 8.23. The SMILES string of the molecule is COc1cccc(C(CNc2cc(C)nc3nc(C(F)(F)F)nn23)c2c[nH]c3ccccc23)c1OC. The molecule has 0 amide bonds. The number of benzene rings is 2. The highest BCUT2D eigenvalue weighted by atomic mass is 19.4. The van der Waals surface area contributed by atoms with Crippen LogP contribution in [0.2, 0.25) is 0 Å². The monoisotopic (exact) mass is 496 g/mol. The van der Waals surface area contributed by atoms with Gasteiger partial charge in [-0.15, -0.1) is 5.10 Å². The molecule has 186 valence electrons. The molecule has 0 bridgehead atoms. The average Bonchev–Trinajstić information content (AvgIpc) is 3.48. The molecule has 8 nitrogen and oxygen atoms in total. The van der Waals surface area contributed by atoms with Gasteiger partial charge in [0.25, 0.3) is 11.6 Å². The van der Waals surface area contributed by atoms with Gasteiger partial charge in [0.05, 0.1) is 14.2 Å². The van der Waals surface area contributed by atoms with Crippen LogP contribution >= 0.6 is 0 Å². The number of H-pyrrole nitrogens is 1. The maximum absolute atomic E-state index is 13.3. The smallest absolute Gasteiger partial charge is 0.453 e. The van der Waals surface area contributed by atoms with Crippen LogP contribution in [0.4, 0.5) is 19.0 Å². The molecule has 0 aliphatic carbocycles. The zero-order valence-electron chi connectivity index (χ0n) is 19.7. The quantitative estimate of drug-likeness (QED) is 0.322. The lowest BCUT2D eigenvalue weighted by atomic mass is 9.90. The van der Waals surface area contributed by atoms with Gasteiger partial charge in [0, 0.05) is 46.9 Å². The van der Waals surface area contributed by atoms with Gasteiger partial charge < -0.3 is 19.8 Å². The molecule has 36 heavy (non-hydrogen) atoms. The van der Waals surface area contributed by atoms with E-state index in [1.807, 2.05) is 48.7 Å². The molecule has 0 aliphatic heterocycles. The van der Waals surface area contributed by atoms with E-state index in [-0.39, 0.29) is 11.7 Å². The van der Waals surface area contributed by atoms with Gasteiger partial charge in [0.2, 0.25) is 0 Å². The van der Waals surface area contributed by atoms with E-state index in [2.05, 4.69) is 25.4 Å². The summed E-state index contributed by atoms with van der Waals surface area (Å²) >= 11 is 0. The Kier molecular flexibility index (Phi) is 5.91. The van der Waals surface area contributed by atoms with E-state index in [9.17, 15) is 13.2 Å². The number of nitrogens with one attached hydrogen (secondary N) is 2. The topological polar surface area (TPSA) is 89.4 Å². The van der Waals surface area contributed by atoms with Gasteiger partial charge in [0.15, 0.2) is 11.5 Å². The van der Waals surface area contributed by atoms with E-state index < -0.39 is 12.0 Å². The predicted octanol–water partition coefficient (Wildman–Crippen LogP) is 5.19. The van der Waals surface area contributed by atoms with Gasteiger partial charge in [0.1, 0.15) is 5.82 Å². The van der Waals surface area contributed by atoms with Gasteiger partial charge >= 0.3 is 6.18 Å². The zero-order valence-corrected chi connectivity index (χ0v) is 19.7. The van der Waals surface area contributed by atoms with Crippen molar-refractivity contribution in [1.29, 1.82) is 0 Å². The van der Waals surface area contributed by atoms with Crippen molar-refractivity contribution >= 4 is 22.5 Å². The van der Waals surface area contributed by atoms with Crippen LogP contribution in [0, 0.1) is 6.92 Å². The first-order valence-corrected chi connectivity index (χ1v) is 11.1. The number of methoxy groups -OCH3 is 2. The van der Waals surface area contributed by atoms with Crippen LogP contribution in [0.5, 0.6) is 11.5 Å². The van der Waals surface area contributed by atoms with E-state index in [4.69, 9.17) is 9.47 Å². The van der Waals surface area contributed by atoms with Gasteiger partial charge in [-0.1, -0.05) is 30.3 Å². The number of ether oxygens (including phenoxy) is 2. The first-order chi connectivity index (χ1) is 17.3. The number of nitrogens with zero attached hydrogens (tertiary/aromatic N) is 4. The number of anilines is 1. The highest BCUT2D eigenvalue weighted by Crippen LogP contribution is 2.40. The Hall–Kier alpha value is -4.28. The van der Waals surface area contributed by atoms with Crippen molar-refractivity contribution in [1.82, 2.24) is 24.6 Å². The summed E-state index contributed by atoms with van der Waals surface area (Å²) in [6, 6.07) is 15.2. The van der Waals surface area contributed by atoms with Gasteiger partial charge in [-0.25, -0.2) is 4.98 Å². The van der Waals surface area contributed by atoms with Gasteiger partial charge in [-0.3, -0.25) is 0 Å². The molecule has 0 fully saturated rings. The van der Waals surface area contributed by atoms with Crippen molar-refractivity contribution < 1.29 is 22.6 Å². The molecule has 5 rings (SSSR count). The van der Waals surface area contributed by atoms with Crippen molar-refractivity contribution in [3.63, 3.8) is 0 Å². The molecule has 0 radical (unpaired) electrons. The normalized spacial score (nSPS) is 12.7. The molecular weight excluding hydrogens is 473 g/mol. The Morgan fingerprint density at radius 2 is 1.83 bits per heavy atom. The minimum Gasteiger partial charge on any atom is -0.493 e. The molecular formula is C25H23F3N6O2. The third-order valence-corrected chi connectivity index (χ3v) is 5.99. The molecule has 5 aromatic rings. The predicted molar refractivity (Wildman–Crippen MR) is 129 cm³/mol. The number of para-hydroxylation sites is 2. The van der Waals surface area contributed by atoms with Crippen molar-refractivity contribution in [3.8, 4) is 11.5 Å². The third kappa shape index (κ3) is 4.16. The molecule has 2 N–H and O–H groups in total. The lowest BCUT2D eigenvalue weighted by molar-refractivity contribution is -0.144. The fourth-order valence-electron chi connectivity index (χ4n) is 4.40. The van der Waals surface area contributed by atoms with Gasteiger partial charge in [-0.2, -0.15) is 22.7 Å². The summed E-state index contributed by atoms with van der Waals surface area (Å²) in [5.41, 5.74) is 3.31. The largest absolute Gasteiger partial charge is 0.493 e. The van der Waals surface area contributed by atoms with Crippen LogP contribution in [0.15, 0.2) is 54.7 Å².